The predicted octanol–water partition coefficient (Wildman–Crippen LogP) is 3.77. The largest absolute Gasteiger partial charge is 0.508 e. The lowest BCUT2D eigenvalue weighted by Gasteiger charge is -2.33. The summed E-state index contributed by atoms with van der Waals surface area (Å²) in [5, 5.41) is 49.5. The summed E-state index contributed by atoms with van der Waals surface area (Å²) in [7, 11) is 1.25. The highest BCUT2D eigenvalue weighted by Gasteiger charge is 2.42. The molecule has 13 N–H and O–H groups in total. The fourth-order valence-corrected chi connectivity index (χ4v) is 13.8. The number of hydrogen-bond donors (Lipinski definition) is 12. The highest BCUT2D eigenvalue weighted by atomic mass is 35.5. The van der Waals surface area contributed by atoms with Gasteiger partial charge in [0.2, 0.25) is 65.0 Å². The Bertz CT molecular complexity index is 4200. The monoisotopic (exact) mass is 1560 g/mol. The summed E-state index contributed by atoms with van der Waals surface area (Å²) in [5.41, 5.74) is 7.97. The molecule has 0 aliphatic carbocycles. The van der Waals surface area contributed by atoms with Crippen molar-refractivity contribution in [1.82, 2.24) is 72.5 Å². The zero-order chi connectivity index (χ0) is 81.0. The van der Waals surface area contributed by atoms with Gasteiger partial charge in [-0.15, -0.1) is 0 Å². The summed E-state index contributed by atoms with van der Waals surface area (Å²) in [6, 6.07) is 19.1. The molecule has 4 heterocycles. The molecule has 2 aliphatic heterocycles. The molecule has 0 bridgehead atoms. The molecule has 2 aromatic heterocycles. The Hall–Kier alpha value is -10.9. The van der Waals surface area contributed by atoms with E-state index in [0.717, 1.165) is 21.2 Å². The third kappa shape index (κ3) is 26.1. The second kappa shape index (κ2) is 43.1. The number of aliphatic hydroxyl groups excluding tert-OH is 1. The van der Waals surface area contributed by atoms with Crippen LogP contribution in [0.25, 0.3) is 10.8 Å². The topological polar surface area (TPSA) is 415 Å². The molecule has 30 heteroatoms. The van der Waals surface area contributed by atoms with E-state index >= 15 is 24.0 Å². The molecule has 10 atom stereocenters. The Labute approximate surface area is 657 Å². The van der Waals surface area contributed by atoms with Crippen LogP contribution >= 0.6 is 11.6 Å². The predicted molar refractivity (Wildman–Crippen MR) is 421 cm³/mol. The van der Waals surface area contributed by atoms with Gasteiger partial charge >= 0.3 is 0 Å². The second-order valence-corrected chi connectivity index (χ2v) is 29.9. The molecule has 12 amide bonds. The number of likely N-dealkylation sites (tertiary alicyclic amines) is 2. The molecule has 29 nitrogen and oxygen atoms in total. The molecular formula is C82H106ClN15O14. The number of nitrogens with one attached hydrogen (secondary N) is 9. The Kier molecular flexibility index (Phi) is 33.3. The number of amides is 12. The Balaban J connectivity index is 1.06. The average molecular weight is 1560 g/mol. The van der Waals surface area contributed by atoms with Crippen LogP contribution in [0.1, 0.15) is 138 Å². The van der Waals surface area contributed by atoms with Crippen LogP contribution in [0.3, 0.4) is 0 Å². The Morgan fingerprint density at radius 2 is 1.16 bits per heavy atom. The van der Waals surface area contributed by atoms with E-state index in [9.17, 15) is 43.8 Å². The van der Waals surface area contributed by atoms with Gasteiger partial charge in [0.05, 0.1) is 12.2 Å². The lowest BCUT2D eigenvalue weighted by molar-refractivity contribution is -0.144. The van der Waals surface area contributed by atoms with Crippen molar-refractivity contribution in [2.24, 2.45) is 11.7 Å². The first kappa shape index (κ1) is 86.7. The maximum Gasteiger partial charge on any atom is 0.252 e. The number of likely N-dealkylation sites (N-methyl/N-ethyl adjacent to an activating group) is 1. The molecule has 8 rings (SSSR count). The number of carbonyl (C=O) groups is 12. The van der Waals surface area contributed by atoms with Crippen LogP contribution in [0.2, 0.25) is 5.02 Å². The number of rotatable bonds is 42. The van der Waals surface area contributed by atoms with Gasteiger partial charge in [-0.3, -0.25) is 67.5 Å². The summed E-state index contributed by atoms with van der Waals surface area (Å²) in [5.74, 6) is -8.86. The number of nitrogens with two attached hydrogens (primary N) is 1. The third-order valence-electron chi connectivity index (χ3n) is 19.9. The zero-order valence-corrected chi connectivity index (χ0v) is 65.1. The van der Waals surface area contributed by atoms with Crippen LogP contribution in [0.15, 0.2) is 140 Å². The van der Waals surface area contributed by atoms with Crippen molar-refractivity contribution in [3.63, 3.8) is 0 Å². The standard InChI is InChI=1S/C82H106ClN15O14/c1-50(2)41-64(75(105)91-63(22-10-11-37-87-51(3)4)82(112)98-40-15-23-68(98)78(108)89-52(5)72(84)102)92-74(104)62(21-9-12-38-88-73(103)59-20-14-36-86-48-59)90-79(109)69(45-54-28-33-61(100)34-29-54)96(6)81(111)67(49-99)95-77(107)66(44-56-17-13-35-85-47-56)93-76(106)65(43-53-26-31-60(83)32-27-53)94-80(110)70(97-39-16-24-71(97)101)46-55-25-30-57-18-7-8-19-58(57)42-55/h7-8,13-14,17-20,25-36,42,47-48,50-52,62-70,87,99-100H,9-12,15-16,21-24,37-41,43-46,49H2,1-6H3,(H2,84,102)(H,88,103)(H,89,108)(H,90,109)(H,91,105)(H,92,104)(H,93,106)(H,94,110)(H,95,107). The van der Waals surface area contributed by atoms with Gasteiger partial charge in [-0.1, -0.05) is 112 Å². The van der Waals surface area contributed by atoms with Gasteiger partial charge in [-0.2, -0.15) is 0 Å². The Morgan fingerprint density at radius 1 is 0.580 bits per heavy atom. The van der Waals surface area contributed by atoms with Crippen LogP contribution in [0.4, 0.5) is 0 Å². The van der Waals surface area contributed by atoms with E-state index in [0.29, 0.717) is 66.0 Å². The summed E-state index contributed by atoms with van der Waals surface area (Å²) in [6.45, 7) is 9.22. The number of hydrogen-bond acceptors (Lipinski definition) is 17. The highest BCUT2D eigenvalue weighted by Crippen LogP contribution is 2.25. The van der Waals surface area contributed by atoms with Gasteiger partial charge in [-0.25, -0.2) is 0 Å². The number of fused-ring (bicyclic) bond motifs is 1. The van der Waals surface area contributed by atoms with Crippen LogP contribution in [0.5, 0.6) is 5.75 Å². The van der Waals surface area contributed by atoms with Crippen LogP contribution in [-0.2, 0) is 78.4 Å². The van der Waals surface area contributed by atoms with Crippen LogP contribution < -0.4 is 53.6 Å². The smallest absolute Gasteiger partial charge is 0.252 e. The molecule has 0 saturated carbocycles. The molecule has 0 radical (unpaired) electrons. The molecule has 10 unspecified atom stereocenters. The van der Waals surface area contributed by atoms with Crippen molar-refractivity contribution in [3.8, 4) is 5.75 Å². The molecule has 112 heavy (non-hydrogen) atoms. The molecule has 0 spiro atoms. The number of phenols is 1. The van der Waals surface area contributed by atoms with E-state index in [1.165, 1.54) is 72.8 Å². The lowest BCUT2D eigenvalue weighted by Crippen LogP contribution is -2.62. The van der Waals surface area contributed by atoms with E-state index in [1.807, 2.05) is 70.2 Å². The lowest BCUT2D eigenvalue weighted by atomic mass is 9.99. The number of nitrogens with zero attached hydrogens (tertiary/aromatic N) is 5. The molecule has 2 aliphatic rings. The molecule has 600 valence electrons. The quantitative estimate of drug-likeness (QED) is 0.0243. The number of aromatic hydroxyl groups is 1. The van der Waals surface area contributed by atoms with Crippen LogP contribution in [0, 0.1) is 5.92 Å². The van der Waals surface area contributed by atoms with E-state index in [1.54, 1.807) is 48.5 Å². The number of aliphatic hydroxyl groups is 1. The molecule has 2 fully saturated rings. The first-order chi connectivity index (χ1) is 53.7. The SMILES string of the molecule is CC(C)CC(NC(=O)C(CCCCNC(=O)c1cccnc1)NC(=O)C(Cc1ccc(O)cc1)N(C)C(=O)C(CO)NC(=O)C(Cc1cccnc1)NC(=O)C(Cc1ccc(Cl)cc1)NC(=O)C(Cc1ccc2ccccc2c1)N1CCCC1=O)C(=O)NC(CCCCNC(C)C)C(=O)N1CCCC1C(=O)NC(C)C(N)=O. The van der Waals surface area contributed by atoms with Crippen molar-refractivity contribution in [3.05, 3.63) is 173 Å². The van der Waals surface area contributed by atoms with Crippen molar-refractivity contribution < 1.29 is 67.7 Å². The maximum atomic E-state index is 15.4. The van der Waals surface area contributed by atoms with Gasteiger partial charge in [0.25, 0.3) is 5.91 Å². The van der Waals surface area contributed by atoms with Crippen molar-refractivity contribution >= 4 is 93.3 Å². The summed E-state index contributed by atoms with van der Waals surface area (Å²) in [4.78, 5) is 185. The summed E-state index contributed by atoms with van der Waals surface area (Å²) >= 11 is 6.30. The minimum Gasteiger partial charge on any atom is -0.508 e. The molecule has 4 aromatic carbocycles. The van der Waals surface area contributed by atoms with Gasteiger partial charge in [0.15, 0.2) is 0 Å². The fraction of sp³-hybridized carbons (Fsp3) is 0.463. The van der Waals surface area contributed by atoms with E-state index in [-0.39, 0.29) is 107 Å². The van der Waals surface area contributed by atoms with Crippen molar-refractivity contribution in [2.75, 3.05) is 39.8 Å². The van der Waals surface area contributed by atoms with E-state index in [2.05, 4.69) is 57.8 Å². The highest BCUT2D eigenvalue weighted by molar-refractivity contribution is 6.30. The van der Waals surface area contributed by atoms with Gasteiger partial charge in [-0.05, 0) is 159 Å². The Morgan fingerprint density at radius 3 is 1.79 bits per heavy atom. The number of aromatic nitrogens is 2. The first-order valence-electron chi connectivity index (χ1n) is 38.4. The zero-order valence-electron chi connectivity index (χ0n) is 64.3. The molecular weight excluding hydrogens is 1450 g/mol. The van der Waals surface area contributed by atoms with Gasteiger partial charge in [0, 0.05) is 94.6 Å². The minimum atomic E-state index is -1.82. The van der Waals surface area contributed by atoms with Crippen molar-refractivity contribution in [1.29, 1.82) is 0 Å². The number of phenolic OH excluding ortho intramolecular Hbond substituents is 1. The van der Waals surface area contributed by atoms with Crippen molar-refractivity contribution in [2.45, 2.75) is 197 Å². The number of benzene rings is 4. The van der Waals surface area contributed by atoms with Gasteiger partial charge < -0.3 is 78.5 Å². The minimum absolute atomic E-state index is 0.0374. The summed E-state index contributed by atoms with van der Waals surface area (Å²) in [6.07, 6.45) is 8.47. The maximum absolute atomic E-state index is 15.4. The number of carbonyl (C=O) groups excluding carboxylic acids is 12. The fourth-order valence-electron chi connectivity index (χ4n) is 13.7. The molecule has 2 saturated heterocycles. The number of primary amides is 1. The van der Waals surface area contributed by atoms with E-state index in [4.69, 9.17) is 17.3 Å². The van der Waals surface area contributed by atoms with Crippen LogP contribution in [-0.4, -0.2) is 212 Å². The third-order valence-corrected chi connectivity index (χ3v) is 20.2. The number of pyridine rings is 2. The number of halogens is 1. The van der Waals surface area contributed by atoms with E-state index < -0.39 is 132 Å². The first-order valence-corrected chi connectivity index (χ1v) is 38.7. The van der Waals surface area contributed by atoms with Gasteiger partial charge in [0.1, 0.15) is 66.2 Å². The number of unbranched alkanes of at least 4 members (excludes halogenated alkanes) is 2. The molecule has 6 aromatic rings. The summed E-state index contributed by atoms with van der Waals surface area (Å²) < 4.78 is 0. The average Bonchev–Trinajstić information content (AvgIpc) is 1.59. The normalized spacial score (nSPS) is 15.8. The second-order valence-electron chi connectivity index (χ2n) is 29.4.